The highest BCUT2D eigenvalue weighted by Crippen LogP contribution is 2.48. The fourth-order valence-corrected chi connectivity index (χ4v) is 5.24. The molecule has 4 heteroatoms. The summed E-state index contributed by atoms with van der Waals surface area (Å²) in [5, 5.41) is 21.9. The Labute approximate surface area is 165 Å². The molecule has 3 nitrogen and oxygen atoms in total. The van der Waals surface area contributed by atoms with Crippen LogP contribution in [0.5, 0.6) is 5.75 Å². The molecule has 0 radical (unpaired) electrons. The number of halogens is 1. The zero-order chi connectivity index (χ0) is 17.9. The molecule has 3 unspecified atom stereocenters. The molecule has 2 saturated carbocycles. The highest BCUT2D eigenvalue weighted by atomic mass is 35.5. The number of aromatic hydroxyl groups is 1. The molecule has 2 fully saturated rings. The summed E-state index contributed by atoms with van der Waals surface area (Å²) in [5.74, 6) is 2.08. The van der Waals surface area contributed by atoms with Crippen LogP contribution in [0.1, 0.15) is 63.4 Å². The van der Waals surface area contributed by atoms with Crippen molar-refractivity contribution in [3.05, 3.63) is 29.8 Å². The lowest BCUT2D eigenvalue weighted by atomic mass is 9.66. The molecule has 3 rings (SSSR count). The maximum atomic E-state index is 11.5. The first-order chi connectivity index (χ1) is 12.0. The van der Waals surface area contributed by atoms with Gasteiger partial charge in [0.05, 0.1) is 5.60 Å². The highest BCUT2D eigenvalue weighted by Gasteiger charge is 2.44. The predicted octanol–water partition coefficient (Wildman–Crippen LogP) is 4.95. The van der Waals surface area contributed by atoms with E-state index in [2.05, 4.69) is 19.0 Å². The molecular weight excluding hydrogens is 346 g/mol. The Morgan fingerprint density at radius 1 is 1.04 bits per heavy atom. The van der Waals surface area contributed by atoms with Gasteiger partial charge in [-0.15, -0.1) is 12.4 Å². The van der Waals surface area contributed by atoms with E-state index in [-0.39, 0.29) is 24.1 Å². The van der Waals surface area contributed by atoms with Crippen LogP contribution in [0.25, 0.3) is 0 Å². The summed E-state index contributed by atoms with van der Waals surface area (Å²) in [5.41, 5.74) is -0.185. The zero-order valence-electron chi connectivity index (χ0n) is 16.4. The molecule has 0 aliphatic heterocycles. The minimum Gasteiger partial charge on any atom is -0.508 e. The topological polar surface area (TPSA) is 43.7 Å². The Balaban J connectivity index is 0.00000243. The second-order valence-corrected chi connectivity index (χ2v) is 8.77. The molecule has 26 heavy (non-hydrogen) atoms. The van der Waals surface area contributed by atoms with Gasteiger partial charge in [-0.3, -0.25) is 0 Å². The molecule has 148 valence electrons. The van der Waals surface area contributed by atoms with Gasteiger partial charge in [-0.25, -0.2) is 0 Å². The molecule has 0 amide bonds. The summed E-state index contributed by atoms with van der Waals surface area (Å²) in [6.45, 7) is 0.866. The number of para-hydroxylation sites is 1. The van der Waals surface area contributed by atoms with Gasteiger partial charge in [-0.2, -0.15) is 0 Å². The zero-order valence-corrected chi connectivity index (χ0v) is 17.2. The first-order valence-corrected chi connectivity index (χ1v) is 10.1. The number of phenolic OH excluding ortho intramolecular Hbond substituents is 1. The van der Waals surface area contributed by atoms with Crippen LogP contribution in [0.15, 0.2) is 24.3 Å². The molecule has 1 aromatic rings. The first-order valence-electron chi connectivity index (χ1n) is 10.1. The summed E-state index contributed by atoms with van der Waals surface area (Å²) in [6.07, 6.45) is 11.3. The van der Waals surface area contributed by atoms with Crippen molar-refractivity contribution < 1.29 is 10.2 Å². The third kappa shape index (κ3) is 4.94. The van der Waals surface area contributed by atoms with Crippen molar-refractivity contribution in [1.29, 1.82) is 0 Å². The van der Waals surface area contributed by atoms with E-state index >= 15 is 0 Å². The van der Waals surface area contributed by atoms with Crippen LogP contribution in [0, 0.1) is 17.8 Å². The summed E-state index contributed by atoms with van der Waals surface area (Å²) in [6, 6.07) is 7.35. The van der Waals surface area contributed by atoms with Crippen LogP contribution >= 0.6 is 12.4 Å². The Bertz CT molecular complexity index is 559. The minimum atomic E-state index is -0.903. The average Bonchev–Trinajstić information content (AvgIpc) is 3.09. The van der Waals surface area contributed by atoms with E-state index in [1.807, 2.05) is 18.2 Å². The monoisotopic (exact) mass is 381 g/mol. The highest BCUT2D eigenvalue weighted by molar-refractivity contribution is 5.85. The first kappa shape index (κ1) is 21.5. The van der Waals surface area contributed by atoms with Gasteiger partial charge in [0.1, 0.15) is 5.75 Å². The smallest absolute Gasteiger partial charge is 0.121 e. The summed E-state index contributed by atoms with van der Waals surface area (Å²) >= 11 is 0. The fourth-order valence-electron chi connectivity index (χ4n) is 5.24. The van der Waals surface area contributed by atoms with E-state index in [1.165, 1.54) is 38.5 Å². The van der Waals surface area contributed by atoms with Gasteiger partial charge in [0.2, 0.25) is 0 Å². The lowest BCUT2D eigenvalue weighted by Gasteiger charge is -2.45. The summed E-state index contributed by atoms with van der Waals surface area (Å²) in [4.78, 5) is 2.18. The Morgan fingerprint density at radius 2 is 1.69 bits per heavy atom. The van der Waals surface area contributed by atoms with Crippen molar-refractivity contribution in [2.45, 2.75) is 63.4 Å². The number of nitrogens with zero attached hydrogens (tertiary/aromatic N) is 1. The summed E-state index contributed by atoms with van der Waals surface area (Å²) in [7, 11) is 4.15. The molecule has 2 N–H and O–H groups in total. The van der Waals surface area contributed by atoms with Gasteiger partial charge in [-0.05, 0) is 51.3 Å². The van der Waals surface area contributed by atoms with Gasteiger partial charge in [0.25, 0.3) is 0 Å². The van der Waals surface area contributed by atoms with E-state index in [0.29, 0.717) is 0 Å². The number of hydrogen-bond donors (Lipinski definition) is 2. The maximum absolute atomic E-state index is 11.5. The molecule has 0 heterocycles. The molecule has 0 bridgehead atoms. The number of benzene rings is 1. The quantitative estimate of drug-likeness (QED) is 0.732. The van der Waals surface area contributed by atoms with Crippen LogP contribution in [0.2, 0.25) is 0 Å². The lowest BCUT2D eigenvalue weighted by molar-refractivity contribution is -0.0778. The van der Waals surface area contributed by atoms with Gasteiger partial charge < -0.3 is 15.1 Å². The second-order valence-electron chi connectivity index (χ2n) is 8.77. The van der Waals surface area contributed by atoms with E-state index in [4.69, 9.17) is 0 Å². The standard InChI is InChI=1S/C22H35NO2.ClH/c1-23(2)16-19-15-18(12-11-17-7-3-4-8-17)13-14-22(19,25)20-9-5-6-10-21(20)24;/h5-6,9-10,17-19,24-25H,3-4,7-8,11-16H2,1-2H3;1H. The molecule has 0 spiro atoms. The van der Waals surface area contributed by atoms with Crippen LogP contribution in [-0.4, -0.2) is 35.8 Å². The second kappa shape index (κ2) is 9.43. The van der Waals surface area contributed by atoms with Gasteiger partial charge in [-0.1, -0.05) is 56.7 Å². The number of rotatable bonds is 6. The van der Waals surface area contributed by atoms with Crippen molar-refractivity contribution in [3.8, 4) is 5.75 Å². The van der Waals surface area contributed by atoms with E-state index in [0.717, 1.165) is 43.2 Å². The van der Waals surface area contributed by atoms with Crippen molar-refractivity contribution in [1.82, 2.24) is 4.90 Å². The van der Waals surface area contributed by atoms with E-state index in [1.54, 1.807) is 6.07 Å². The largest absolute Gasteiger partial charge is 0.508 e. The van der Waals surface area contributed by atoms with Gasteiger partial charge in [0.15, 0.2) is 0 Å². The third-order valence-electron chi connectivity index (χ3n) is 6.64. The van der Waals surface area contributed by atoms with Crippen molar-refractivity contribution in [3.63, 3.8) is 0 Å². The molecule has 0 aromatic heterocycles. The normalized spacial score (nSPS) is 29.7. The number of aliphatic hydroxyl groups is 1. The van der Waals surface area contributed by atoms with Crippen molar-refractivity contribution in [2.24, 2.45) is 17.8 Å². The molecule has 3 atom stereocenters. The lowest BCUT2D eigenvalue weighted by Crippen LogP contribution is -2.45. The van der Waals surface area contributed by atoms with Crippen molar-refractivity contribution >= 4 is 12.4 Å². The fraction of sp³-hybridized carbons (Fsp3) is 0.727. The Morgan fingerprint density at radius 3 is 2.35 bits per heavy atom. The van der Waals surface area contributed by atoms with E-state index in [9.17, 15) is 10.2 Å². The Hall–Kier alpha value is -0.770. The number of phenols is 1. The van der Waals surface area contributed by atoms with E-state index < -0.39 is 5.60 Å². The van der Waals surface area contributed by atoms with Crippen LogP contribution in [0.3, 0.4) is 0 Å². The average molecular weight is 382 g/mol. The molecule has 2 aliphatic carbocycles. The third-order valence-corrected chi connectivity index (χ3v) is 6.64. The minimum absolute atomic E-state index is 0. The molecular formula is C22H36ClNO2. The predicted molar refractivity (Wildman–Crippen MR) is 110 cm³/mol. The van der Waals surface area contributed by atoms with Crippen LogP contribution in [-0.2, 0) is 5.60 Å². The van der Waals surface area contributed by atoms with Crippen LogP contribution < -0.4 is 0 Å². The van der Waals surface area contributed by atoms with Crippen LogP contribution in [0.4, 0.5) is 0 Å². The number of hydrogen-bond acceptors (Lipinski definition) is 3. The maximum Gasteiger partial charge on any atom is 0.121 e. The molecule has 1 aromatic carbocycles. The van der Waals surface area contributed by atoms with Crippen molar-refractivity contribution in [2.75, 3.05) is 20.6 Å². The SMILES string of the molecule is CN(C)CC1CC(CCC2CCCC2)CCC1(O)c1ccccc1O.Cl. The molecule has 0 saturated heterocycles. The molecule has 2 aliphatic rings. The van der Waals surface area contributed by atoms with Gasteiger partial charge >= 0.3 is 0 Å². The summed E-state index contributed by atoms with van der Waals surface area (Å²) < 4.78 is 0. The Kier molecular flexibility index (Phi) is 7.81. The van der Waals surface area contributed by atoms with Gasteiger partial charge in [0, 0.05) is 18.0 Å².